The fourth-order valence-electron chi connectivity index (χ4n) is 4.56. The van der Waals surface area contributed by atoms with Crippen LogP contribution in [0.1, 0.15) is 114 Å². The van der Waals surface area contributed by atoms with E-state index < -0.39 is 123 Å². The molecule has 0 aliphatic rings. The van der Waals surface area contributed by atoms with Gasteiger partial charge in [0, 0.05) is 19.3 Å². The van der Waals surface area contributed by atoms with Crippen LogP contribution in [-0.2, 0) is 33.2 Å². The Balaban J connectivity index is 0. The molecule has 0 saturated carbocycles. The molecular formula is C38H62F18O7. The van der Waals surface area contributed by atoms with Crippen LogP contribution in [0.3, 0.4) is 0 Å². The fourth-order valence-corrected chi connectivity index (χ4v) is 4.56. The van der Waals surface area contributed by atoms with Crippen LogP contribution in [0.2, 0.25) is 0 Å². The lowest BCUT2D eigenvalue weighted by molar-refractivity contribution is -0.408. The van der Waals surface area contributed by atoms with Gasteiger partial charge in [-0.15, -0.1) is 0 Å². The summed E-state index contributed by atoms with van der Waals surface area (Å²) in [4.78, 5) is 0. The van der Waals surface area contributed by atoms with Gasteiger partial charge in [0.15, 0.2) is 0 Å². The van der Waals surface area contributed by atoms with Crippen molar-refractivity contribution in [2.45, 2.75) is 204 Å². The number of ether oxygens (including phenoxy) is 7. The van der Waals surface area contributed by atoms with Gasteiger partial charge in [-0.1, -0.05) is 46.5 Å². The molecule has 0 aromatic heterocycles. The molecule has 0 bridgehead atoms. The van der Waals surface area contributed by atoms with Crippen molar-refractivity contribution < 1.29 is 112 Å². The van der Waals surface area contributed by atoms with E-state index in [9.17, 15) is 79.0 Å². The SMILES string of the molecule is CCC(F)(F)C(F)(F)C(F)(F)OCC(C)OCC(C)OCC(C)OCC(C)OCC(C)OCC(C)OC(F)(F)C(F)(F)C(F)(F)CC.CCCCCCCC(F)(F)C(F)(F)C(F)F. The lowest BCUT2D eigenvalue weighted by atomic mass is 10.0. The molecule has 7 nitrogen and oxygen atoms in total. The van der Waals surface area contributed by atoms with Crippen molar-refractivity contribution >= 4 is 0 Å². The number of hydrogen-bond donors (Lipinski definition) is 0. The molecule has 0 fully saturated rings. The van der Waals surface area contributed by atoms with E-state index in [1.54, 1.807) is 20.8 Å². The molecule has 0 aromatic rings. The number of unbranched alkanes of at least 4 members (excludes halogenated alkanes) is 4. The van der Waals surface area contributed by atoms with Crippen LogP contribution in [0, 0.1) is 0 Å². The van der Waals surface area contributed by atoms with E-state index in [-0.39, 0.29) is 32.8 Å². The summed E-state index contributed by atoms with van der Waals surface area (Å²) in [7, 11) is 0. The van der Waals surface area contributed by atoms with Crippen molar-refractivity contribution in [3.63, 3.8) is 0 Å². The van der Waals surface area contributed by atoms with E-state index in [4.69, 9.17) is 23.7 Å². The minimum atomic E-state index is -5.73. The van der Waals surface area contributed by atoms with Gasteiger partial charge in [0.1, 0.15) is 0 Å². The Kier molecular flexibility index (Phi) is 27.6. The molecule has 63 heavy (non-hydrogen) atoms. The largest absolute Gasteiger partial charge is 0.426 e. The Labute approximate surface area is 356 Å². The minimum absolute atomic E-state index is 0.0315. The van der Waals surface area contributed by atoms with Crippen molar-refractivity contribution in [3.05, 3.63) is 0 Å². The van der Waals surface area contributed by atoms with Crippen molar-refractivity contribution in [2.75, 3.05) is 39.6 Å². The van der Waals surface area contributed by atoms with Crippen LogP contribution in [0.15, 0.2) is 0 Å². The lowest BCUT2D eigenvalue weighted by Crippen LogP contribution is -2.56. The summed E-state index contributed by atoms with van der Waals surface area (Å²) >= 11 is 0. The van der Waals surface area contributed by atoms with Gasteiger partial charge in [0.05, 0.1) is 76.3 Å². The van der Waals surface area contributed by atoms with Gasteiger partial charge < -0.3 is 33.2 Å². The Morgan fingerprint density at radius 1 is 0.381 bits per heavy atom. The molecular weight excluding hydrogens is 910 g/mol. The van der Waals surface area contributed by atoms with Gasteiger partial charge in [-0.3, -0.25) is 0 Å². The highest BCUT2D eigenvalue weighted by Crippen LogP contribution is 2.49. The normalized spacial score (nSPS) is 17.0. The molecule has 0 saturated heterocycles. The van der Waals surface area contributed by atoms with E-state index in [2.05, 4.69) is 9.47 Å². The molecule has 6 atom stereocenters. The highest BCUT2D eigenvalue weighted by atomic mass is 19.4. The van der Waals surface area contributed by atoms with Crippen molar-refractivity contribution in [1.82, 2.24) is 0 Å². The summed E-state index contributed by atoms with van der Waals surface area (Å²) in [6.45, 7) is 9.77. The van der Waals surface area contributed by atoms with Gasteiger partial charge >= 0.3 is 54.2 Å². The van der Waals surface area contributed by atoms with Gasteiger partial charge in [0.25, 0.3) is 0 Å². The summed E-state index contributed by atoms with van der Waals surface area (Å²) in [6, 6.07) is 0. The van der Waals surface area contributed by atoms with E-state index >= 15 is 0 Å². The predicted octanol–water partition coefficient (Wildman–Crippen LogP) is 12.9. The number of hydrogen-bond acceptors (Lipinski definition) is 7. The second kappa shape index (κ2) is 27.3. The van der Waals surface area contributed by atoms with Crippen molar-refractivity contribution in [2.24, 2.45) is 0 Å². The Bertz CT molecular complexity index is 1220. The maximum absolute atomic E-state index is 13.7. The van der Waals surface area contributed by atoms with Gasteiger partial charge in [0.2, 0.25) is 0 Å². The second-order valence-electron chi connectivity index (χ2n) is 15.0. The fraction of sp³-hybridized carbons (Fsp3) is 1.00. The number of halogens is 18. The molecule has 0 heterocycles. The molecule has 0 spiro atoms. The molecule has 0 aliphatic carbocycles. The smallest absolute Gasteiger partial charge is 0.373 e. The standard InChI is InChI=1S/C28H46F12O7.C10H16F6/c1-9-23(29,30)25(33,34)27(37,38)46-16-21(7)44-14-19(5)42-12-17(3)41-11-18(4)43-13-20(6)45-15-22(8)47-28(39,40)26(35,36)24(31,32)10-2;1-2-3-4-5-6-7-9(13,14)10(15,16)8(11)12/h17-22H,9-16H2,1-8H3;8H,2-7H2,1H3. The van der Waals surface area contributed by atoms with Crippen LogP contribution in [0.4, 0.5) is 79.0 Å². The third-order valence-electron chi connectivity index (χ3n) is 8.82. The van der Waals surface area contributed by atoms with Crippen LogP contribution in [-0.4, -0.2) is 130 Å². The summed E-state index contributed by atoms with van der Waals surface area (Å²) in [5.41, 5.74) is 0. The van der Waals surface area contributed by atoms with Gasteiger partial charge in [-0.2, -0.15) is 70.2 Å². The molecule has 0 aliphatic heterocycles. The Morgan fingerprint density at radius 3 is 1.03 bits per heavy atom. The zero-order chi connectivity index (χ0) is 49.9. The lowest BCUT2D eigenvalue weighted by Gasteiger charge is -2.33. The molecule has 0 rings (SSSR count). The molecule has 0 N–H and O–H groups in total. The summed E-state index contributed by atoms with van der Waals surface area (Å²) in [5, 5.41) is 0. The maximum Gasteiger partial charge on any atom is 0.426 e. The topological polar surface area (TPSA) is 64.6 Å². The first kappa shape index (κ1) is 63.5. The molecule has 0 aromatic carbocycles. The van der Waals surface area contributed by atoms with E-state index in [0.29, 0.717) is 26.7 Å². The minimum Gasteiger partial charge on any atom is -0.373 e. The first-order chi connectivity index (χ1) is 28.4. The second-order valence-corrected chi connectivity index (χ2v) is 15.0. The zero-order valence-electron chi connectivity index (χ0n) is 36.6. The van der Waals surface area contributed by atoms with Crippen LogP contribution >= 0.6 is 0 Å². The monoisotopic (exact) mass is 972 g/mol. The molecule has 25 heteroatoms. The average Bonchev–Trinajstić information content (AvgIpc) is 3.18. The zero-order valence-corrected chi connectivity index (χ0v) is 36.6. The summed E-state index contributed by atoms with van der Waals surface area (Å²) in [6.07, 6.45) is -22.0. The van der Waals surface area contributed by atoms with Crippen LogP contribution < -0.4 is 0 Å². The highest BCUT2D eigenvalue weighted by Gasteiger charge is 2.73. The first-order valence-electron chi connectivity index (χ1n) is 20.1. The first-order valence-corrected chi connectivity index (χ1v) is 20.1. The predicted molar refractivity (Wildman–Crippen MR) is 193 cm³/mol. The highest BCUT2D eigenvalue weighted by molar-refractivity contribution is 4.92. The Hall–Kier alpha value is -1.54. The maximum atomic E-state index is 13.7. The van der Waals surface area contributed by atoms with Crippen LogP contribution in [0.5, 0.6) is 0 Å². The van der Waals surface area contributed by atoms with E-state index in [1.807, 2.05) is 6.92 Å². The van der Waals surface area contributed by atoms with Gasteiger partial charge in [-0.25, -0.2) is 8.78 Å². The molecule has 0 amide bonds. The van der Waals surface area contributed by atoms with Crippen molar-refractivity contribution in [3.8, 4) is 0 Å². The number of alkyl halides is 18. The molecule has 0 radical (unpaired) electrons. The van der Waals surface area contributed by atoms with Crippen LogP contribution in [0.25, 0.3) is 0 Å². The molecule has 6 unspecified atom stereocenters. The Morgan fingerprint density at radius 2 is 0.698 bits per heavy atom. The third kappa shape index (κ3) is 20.9. The quantitative estimate of drug-likeness (QED) is 0.0470. The van der Waals surface area contributed by atoms with E-state index in [1.165, 1.54) is 13.8 Å². The number of rotatable bonds is 34. The van der Waals surface area contributed by atoms with E-state index in [0.717, 1.165) is 19.8 Å². The average molecular weight is 973 g/mol. The van der Waals surface area contributed by atoms with Gasteiger partial charge in [-0.05, 0) is 48.0 Å². The summed E-state index contributed by atoms with van der Waals surface area (Å²) < 4.78 is 270. The molecule has 382 valence electrons. The van der Waals surface area contributed by atoms with Crippen molar-refractivity contribution in [1.29, 1.82) is 0 Å². The summed E-state index contributed by atoms with van der Waals surface area (Å²) in [5.74, 6) is -31.3. The third-order valence-corrected chi connectivity index (χ3v) is 8.82.